The standard InChI is InChI=1S/C19H26N2O4S2/c1-21(15-19(22)20-10-9-17-7-4-13-26-17)11-5-12-25-16-6-3-8-18(14-16)27(2,23)24/h3-4,6-8,13-14H,5,9-12,15H2,1-2H3,(H,20,22). The van der Waals surface area contributed by atoms with Crippen LogP contribution in [0.25, 0.3) is 0 Å². The summed E-state index contributed by atoms with van der Waals surface area (Å²) >= 11 is 1.69. The topological polar surface area (TPSA) is 75.7 Å². The van der Waals surface area contributed by atoms with Crippen molar-refractivity contribution in [3.8, 4) is 5.75 Å². The van der Waals surface area contributed by atoms with Crippen LogP contribution in [0.15, 0.2) is 46.7 Å². The van der Waals surface area contributed by atoms with Crippen LogP contribution in [0.3, 0.4) is 0 Å². The number of hydrogen-bond acceptors (Lipinski definition) is 6. The summed E-state index contributed by atoms with van der Waals surface area (Å²) in [7, 11) is -1.35. The average Bonchev–Trinajstić information content (AvgIpc) is 3.12. The molecule has 1 aromatic heterocycles. The zero-order valence-corrected chi connectivity index (χ0v) is 17.3. The number of ether oxygens (including phenoxy) is 1. The Bertz CT molecular complexity index is 820. The second-order valence-corrected chi connectivity index (χ2v) is 9.41. The first kappa shape index (κ1) is 21.4. The van der Waals surface area contributed by atoms with E-state index in [-0.39, 0.29) is 10.8 Å². The highest BCUT2D eigenvalue weighted by atomic mass is 32.2. The monoisotopic (exact) mass is 410 g/mol. The van der Waals surface area contributed by atoms with E-state index in [1.54, 1.807) is 29.5 Å². The van der Waals surface area contributed by atoms with Gasteiger partial charge >= 0.3 is 0 Å². The van der Waals surface area contributed by atoms with Gasteiger partial charge in [-0.15, -0.1) is 11.3 Å². The molecular formula is C19H26N2O4S2. The van der Waals surface area contributed by atoms with Gasteiger partial charge in [0.2, 0.25) is 5.91 Å². The normalized spacial score (nSPS) is 11.5. The lowest BCUT2D eigenvalue weighted by Crippen LogP contribution is -2.36. The summed E-state index contributed by atoms with van der Waals surface area (Å²) in [4.78, 5) is 15.4. The van der Waals surface area contributed by atoms with Gasteiger partial charge in [0.25, 0.3) is 0 Å². The van der Waals surface area contributed by atoms with E-state index in [1.807, 2.05) is 23.4 Å². The number of carbonyl (C=O) groups is 1. The number of hydrogen-bond donors (Lipinski definition) is 1. The molecule has 0 fully saturated rings. The number of nitrogens with zero attached hydrogens (tertiary/aromatic N) is 1. The van der Waals surface area contributed by atoms with Gasteiger partial charge in [-0.3, -0.25) is 9.69 Å². The molecule has 0 bridgehead atoms. The Morgan fingerprint density at radius 2 is 2.07 bits per heavy atom. The van der Waals surface area contributed by atoms with Crippen LogP contribution in [0.2, 0.25) is 0 Å². The van der Waals surface area contributed by atoms with Crippen LogP contribution in [0.4, 0.5) is 0 Å². The smallest absolute Gasteiger partial charge is 0.234 e. The Morgan fingerprint density at radius 1 is 1.26 bits per heavy atom. The van der Waals surface area contributed by atoms with E-state index in [0.29, 0.717) is 32.0 Å². The quantitative estimate of drug-likeness (QED) is 0.575. The molecule has 6 nitrogen and oxygen atoms in total. The molecule has 1 aromatic carbocycles. The van der Waals surface area contributed by atoms with Crippen molar-refractivity contribution in [3.05, 3.63) is 46.7 Å². The molecule has 0 atom stereocenters. The molecule has 1 heterocycles. The predicted octanol–water partition coefficient (Wildman–Crippen LogP) is 2.21. The highest BCUT2D eigenvalue weighted by Gasteiger charge is 2.09. The van der Waals surface area contributed by atoms with E-state index in [1.165, 1.54) is 17.2 Å². The Labute approximate surface area is 165 Å². The zero-order chi connectivity index (χ0) is 19.7. The first-order valence-corrected chi connectivity index (χ1v) is 11.5. The molecule has 0 saturated carbocycles. The molecule has 148 valence electrons. The van der Waals surface area contributed by atoms with E-state index in [0.717, 1.165) is 12.8 Å². The lowest BCUT2D eigenvalue weighted by Gasteiger charge is -2.16. The van der Waals surface area contributed by atoms with Gasteiger partial charge in [-0.2, -0.15) is 0 Å². The fourth-order valence-corrected chi connectivity index (χ4v) is 3.84. The average molecular weight is 411 g/mol. The highest BCUT2D eigenvalue weighted by Crippen LogP contribution is 2.17. The maximum atomic E-state index is 11.9. The number of likely N-dealkylation sites (N-methyl/N-ethyl adjacent to an activating group) is 1. The number of carbonyl (C=O) groups excluding carboxylic acids is 1. The van der Waals surface area contributed by atoms with Crippen molar-refractivity contribution in [2.45, 2.75) is 17.7 Å². The Kier molecular flexibility index (Phi) is 8.27. The SMILES string of the molecule is CN(CCCOc1cccc(S(C)(=O)=O)c1)CC(=O)NCCc1cccs1. The maximum Gasteiger partial charge on any atom is 0.234 e. The van der Waals surface area contributed by atoms with Crippen molar-refractivity contribution in [2.75, 3.05) is 39.5 Å². The molecule has 2 rings (SSSR count). The Balaban J connectivity index is 1.61. The molecule has 8 heteroatoms. The van der Waals surface area contributed by atoms with E-state index in [9.17, 15) is 13.2 Å². The predicted molar refractivity (Wildman–Crippen MR) is 108 cm³/mol. The molecule has 0 spiro atoms. The van der Waals surface area contributed by atoms with Crippen LogP contribution in [-0.2, 0) is 21.1 Å². The fraction of sp³-hybridized carbons (Fsp3) is 0.421. The molecule has 0 aliphatic heterocycles. The van der Waals surface area contributed by atoms with E-state index >= 15 is 0 Å². The Hall–Kier alpha value is -1.90. The third kappa shape index (κ3) is 8.11. The van der Waals surface area contributed by atoms with E-state index < -0.39 is 9.84 Å². The molecule has 0 aliphatic carbocycles. The fourth-order valence-electron chi connectivity index (χ4n) is 2.48. The molecule has 27 heavy (non-hydrogen) atoms. The zero-order valence-electron chi connectivity index (χ0n) is 15.7. The van der Waals surface area contributed by atoms with Gasteiger partial charge in [0.1, 0.15) is 5.75 Å². The minimum absolute atomic E-state index is 0.0100. The van der Waals surface area contributed by atoms with Gasteiger partial charge in [-0.05, 0) is 49.5 Å². The first-order valence-electron chi connectivity index (χ1n) is 8.75. The minimum atomic E-state index is -3.24. The van der Waals surface area contributed by atoms with Crippen LogP contribution in [0.5, 0.6) is 5.75 Å². The second-order valence-electron chi connectivity index (χ2n) is 6.37. The largest absolute Gasteiger partial charge is 0.494 e. The summed E-state index contributed by atoms with van der Waals surface area (Å²) < 4.78 is 28.7. The molecule has 0 saturated heterocycles. The Morgan fingerprint density at radius 3 is 2.78 bits per heavy atom. The van der Waals surface area contributed by atoms with Crippen molar-refractivity contribution in [1.29, 1.82) is 0 Å². The van der Waals surface area contributed by atoms with Crippen LogP contribution in [0, 0.1) is 0 Å². The van der Waals surface area contributed by atoms with Gasteiger partial charge in [0.05, 0.1) is 18.0 Å². The molecule has 0 radical (unpaired) electrons. The number of thiophene rings is 1. The van der Waals surface area contributed by atoms with Gasteiger partial charge in [0.15, 0.2) is 9.84 Å². The molecule has 1 amide bonds. The van der Waals surface area contributed by atoms with Crippen LogP contribution < -0.4 is 10.1 Å². The number of rotatable bonds is 11. The third-order valence-corrected chi connectivity index (χ3v) is 5.92. The summed E-state index contributed by atoms with van der Waals surface area (Å²) in [5, 5.41) is 4.96. The summed E-state index contributed by atoms with van der Waals surface area (Å²) in [6.45, 7) is 2.16. The molecule has 0 unspecified atom stereocenters. The molecule has 1 N–H and O–H groups in total. The molecular weight excluding hydrogens is 384 g/mol. The van der Waals surface area contributed by atoms with Crippen molar-refractivity contribution >= 4 is 27.1 Å². The van der Waals surface area contributed by atoms with Gasteiger partial charge < -0.3 is 10.1 Å². The van der Waals surface area contributed by atoms with Gasteiger partial charge in [0, 0.05) is 24.2 Å². The highest BCUT2D eigenvalue weighted by molar-refractivity contribution is 7.90. The second kappa shape index (κ2) is 10.4. The van der Waals surface area contributed by atoms with Crippen molar-refractivity contribution in [3.63, 3.8) is 0 Å². The first-order chi connectivity index (χ1) is 12.8. The number of benzene rings is 1. The number of amides is 1. The lowest BCUT2D eigenvalue weighted by molar-refractivity contribution is -0.121. The number of sulfone groups is 1. The minimum Gasteiger partial charge on any atom is -0.494 e. The number of nitrogens with one attached hydrogen (secondary N) is 1. The van der Waals surface area contributed by atoms with Crippen molar-refractivity contribution < 1.29 is 17.9 Å². The summed E-state index contributed by atoms with van der Waals surface area (Å²) in [5.41, 5.74) is 0. The maximum absolute atomic E-state index is 11.9. The molecule has 0 aliphatic rings. The van der Waals surface area contributed by atoms with Crippen LogP contribution in [0.1, 0.15) is 11.3 Å². The summed E-state index contributed by atoms with van der Waals surface area (Å²) in [5.74, 6) is 0.544. The third-order valence-electron chi connectivity index (χ3n) is 3.87. The van der Waals surface area contributed by atoms with Crippen molar-refractivity contribution in [1.82, 2.24) is 10.2 Å². The van der Waals surface area contributed by atoms with E-state index in [4.69, 9.17) is 4.74 Å². The van der Waals surface area contributed by atoms with Gasteiger partial charge in [-0.25, -0.2) is 8.42 Å². The van der Waals surface area contributed by atoms with Crippen LogP contribution in [-0.4, -0.2) is 58.8 Å². The van der Waals surface area contributed by atoms with Crippen LogP contribution >= 0.6 is 11.3 Å². The van der Waals surface area contributed by atoms with E-state index in [2.05, 4.69) is 11.4 Å². The van der Waals surface area contributed by atoms with Crippen molar-refractivity contribution in [2.24, 2.45) is 0 Å². The summed E-state index contributed by atoms with van der Waals surface area (Å²) in [6, 6.07) is 10.6. The van der Waals surface area contributed by atoms with Gasteiger partial charge in [-0.1, -0.05) is 12.1 Å². The molecule has 2 aromatic rings. The lowest BCUT2D eigenvalue weighted by atomic mass is 10.3. The summed E-state index contributed by atoms with van der Waals surface area (Å²) in [6.07, 6.45) is 2.77.